The molecule has 0 spiro atoms. The molecule has 4 aromatic heterocycles. The summed E-state index contributed by atoms with van der Waals surface area (Å²) in [5.41, 5.74) is 2.59. The third-order valence-corrected chi connectivity index (χ3v) is 3.29. The molecule has 8 heteroatoms. The maximum Gasteiger partial charge on any atom is 0.178 e. The van der Waals surface area contributed by atoms with E-state index < -0.39 is 0 Å². The molecular formula is C15H12N8. The molecule has 1 N–H and O–H groups in total. The molecule has 23 heavy (non-hydrogen) atoms. The van der Waals surface area contributed by atoms with Crippen LogP contribution >= 0.6 is 0 Å². The van der Waals surface area contributed by atoms with Gasteiger partial charge in [0.1, 0.15) is 24.2 Å². The molecule has 0 atom stereocenters. The van der Waals surface area contributed by atoms with Gasteiger partial charge >= 0.3 is 0 Å². The van der Waals surface area contributed by atoms with Crippen LogP contribution in [0.3, 0.4) is 0 Å². The fraction of sp³-hybridized carbons (Fsp3) is 0.0667. The summed E-state index contributed by atoms with van der Waals surface area (Å²) in [6.45, 7) is 0.625. The first-order valence-corrected chi connectivity index (χ1v) is 7.00. The topological polar surface area (TPSA) is 93.8 Å². The average Bonchev–Trinajstić information content (AvgIpc) is 3.09. The highest BCUT2D eigenvalue weighted by atomic mass is 15.2. The van der Waals surface area contributed by atoms with Crippen molar-refractivity contribution in [2.24, 2.45) is 0 Å². The molecule has 0 aromatic carbocycles. The quantitative estimate of drug-likeness (QED) is 0.611. The normalized spacial score (nSPS) is 10.8. The van der Waals surface area contributed by atoms with Gasteiger partial charge in [0.05, 0.1) is 0 Å². The zero-order valence-corrected chi connectivity index (χ0v) is 12.0. The van der Waals surface area contributed by atoms with Crippen LogP contribution in [0.15, 0.2) is 55.5 Å². The first-order valence-electron chi connectivity index (χ1n) is 7.00. The van der Waals surface area contributed by atoms with Crippen LogP contribution in [0, 0.1) is 0 Å². The third kappa shape index (κ3) is 2.82. The van der Waals surface area contributed by atoms with Crippen molar-refractivity contribution in [2.45, 2.75) is 6.54 Å². The number of hydrogen-bond acceptors (Lipinski definition) is 7. The van der Waals surface area contributed by atoms with E-state index in [2.05, 4.69) is 35.5 Å². The minimum atomic E-state index is 0.573. The lowest BCUT2D eigenvalue weighted by molar-refractivity contribution is 1.04. The molecule has 112 valence electrons. The predicted octanol–water partition coefficient (Wildman–Crippen LogP) is 1.59. The van der Waals surface area contributed by atoms with Crippen LogP contribution in [0.4, 0.5) is 5.82 Å². The minimum absolute atomic E-state index is 0.573. The number of pyridine rings is 1. The van der Waals surface area contributed by atoms with E-state index in [0.29, 0.717) is 23.9 Å². The maximum absolute atomic E-state index is 4.22. The monoisotopic (exact) mass is 304 g/mol. The van der Waals surface area contributed by atoms with Gasteiger partial charge in [-0.1, -0.05) is 6.07 Å². The van der Waals surface area contributed by atoms with Crippen molar-refractivity contribution in [1.82, 2.24) is 34.5 Å². The van der Waals surface area contributed by atoms with Crippen LogP contribution in [0.5, 0.6) is 0 Å². The van der Waals surface area contributed by atoms with Crippen molar-refractivity contribution < 1.29 is 0 Å². The fourth-order valence-electron chi connectivity index (χ4n) is 2.18. The summed E-state index contributed by atoms with van der Waals surface area (Å²) in [6, 6.07) is 7.52. The van der Waals surface area contributed by atoms with E-state index in [4.69, 9.17) is 0 Å². The molecule has 0 aliphatic rings. The average molecular weight is 304 g/mol. The number of nitrogens with zero attached hydrogens (tertiary/aromatic N) is 7. The largest absolute Gasteiger partial charge is 0.366 e. The molecule has 0 aliphatic heterocycles. The Morgan fingerprint density at radius 2 is 1.96 bits per heavy atom. The van der Waals surface area contributed by atoms with Gasteiger partial charge in [-0.25, -0.2) is 19.9 Å². The first kappa shape index (κ1) is 13.3. The van der Waals surface area contributed by atoms with E-state index in [0.717, 1.165) is 11.2 Å². The molecular weight excluding hydrogens is 292 g/mol. The lowest BCUT2D eigenvalue weighted by Crippen LogP contribution is -2.03. The summed E-state index contributed by atoms with van der Waals surface area (Å²) in [4.78, 5) is 16.8. The Morgan fingerprint density at radius 3 is 2.87 bits per heavy atom. The van der Waals surface area contributed by atoms with Crippen molar-refractivity contribution in [2.75, 3.05) is 5.32 Å². The van der Waals surface area contributed by atoms with Crippen LogP contribution in [0.1, 0.15) is 5.56 Å². The zero-order valence-electron chi connectivity index (χ0n) is 12.0. The maximum atomic E-state index is 4.22. The van der Waals surface area contributed by atoms with Crippen molar-refractivity contribution >= 4 is 11.5 Å². The van der Waals surface area contributed by atoms with Gasteiger partial charge in [-0.2, -0.15) is 0 Å². The van der Waals surface area contributed by atoms with Crippen LogP contribution < -0.4 is 5.32 Å². The Hall–Kier alpha value is -3.42. The molecule has 0 saturated heterocycles. The van der Waals surface area contributed by atoms with Gasteiger partial charge in [-0.05, 0) is 17.7 Å². The number of hydrogen-bond donors (Lipinski definition) is 1. The summed E-state index contributed by atoms with van der Waals surface area (Å²) in [6.07, 6.45) is 8.52. The summed E-state index contributed by atoms with van der Waals surface area (Å²) in [5, 5.41) is 11.1. The van der Waals surface area contributed by atoms with Gasteiger partial charge < -0.3 is 5.32 Å². The third-order valence-electron chi connectivity index (χ3n) is 3.29. The molecule has 4 heterocycles. The Balaban J connectivity index is 1.52. The Labute approximate surface area is 131 Å². The number of fused-ring (bicyclic) bond motifs is 1. The van der Waals surface area contributed by atoms with E-state index in [-0.39, 0.29) is 0 Å². The van der Waals surface area contributed by atoms with Crippen molar-refractivity contribution in [3.63, 3.8) is 0 Å². The van der Waals surface area contributed by atoms with Crippen LogP contribution in [0.25, 0.3) is 17.2 Å². The molecule has 8 nitrogen and oxygen atoms in total. The van der Waals surface area contributed by atoms with Crippen LogP contribution in [0.2, 0.25) is 0 Å². The van der Waals surface area contributed by atoms with Gasteiger partial charge in [-0.3, -0.25) is 4.40 Å². The number of rotatable bonds is 4. The van der Waals surface area contributed by atoms with Gasteiger partial charge in [0.2, 0.25) is 0 Å². The van der Waals surface area contributed by atoms with E-state index in [1.54, 1.807) is 24.8 Å². The molecule has 0 unspecified atom stereocenters. The van der Waals surface area contributed by atoms with Gasteiger partial charge in [-0.15, -0.1) is 10.2 Å². The highest BCUT2D eigenvalue weighted by Gasteiger charge is 2.04. The smallest absolute Gasteiger partial charge is 0.178 e. The Bertz CT molecular complexity index is 934. The zero-order chi connectivity index (χ0) is 15.5. The molecule has 0 radical (unpaired) electrons. The van der Waals surface area contributed by atoms with E-state index in [9.17, 15) is 0 Å². The van der Waals surface area contributed by atoms with Crippen molar-refractivity contribution in [3.05, 3.63) is 61.1 Å². The van der Waals surface area contributed by atoms with Crippen LogP contribution in [-0.4, -0.2) is 34.5 Å². The second-order valence-electron chi connectivity index (χ2n) is 4.85. The minimum Gasteiger partial charge on any atom is -0.366 e. The molecule has 0 bridgehead atoms. The van der Waals surface area contributed by atoms with E-state index in [1.165, 1.54) is 6.33 Å². The highest BCUT2D eigenvalue weighted by molar-refractivity contribution is 5.54. The number of aromatic nitrogens is 7. The van der Waals surface area contributed by atoms with Crippen molar-refractivity contribution in [3.8, 4) is 11.5 Å². The predicted molar refractivity (Wildman–Crippen MR) is 83.4 cm³/mol. The second kappa shape index (κ2) is 5.76. The van der Waals surface area contributed by atoms with Gasteiger partial charge in [0.15, 0.2) is 11.5 Å². The molecule has 0 amide bonds. The number of anilines is 1. The lowest BCUT2D eigenvalue weighted by Gasteiger charge is -2.07. The summed E-state index contributed by atoms with van der Waals surface area (Å²) >= 11 is 0. The fourth-order valence-corrected chi connectivity index (χ4v) is 2.18. The standard InChI is InChI=1S/C15H12N8/c1-4-16-15(17-5-1)12-6-13(20-9-19-12)18-7-11-2-3-14-22-21-10-23(14)8-11/h1-6,8-10H,7H2,(H,18,19,20). The van der Waals surface area contributed by atoms with Gasteiger partial charge in [0, 0.05) is 31.2 Å². The first-order chi connectivity index (χ1) is 11.4. The second-order valence-corrected chi connectivity index (χ2v) is 4.85. The SMILES string of the molecule is c1cnc(-c2cc(NCc3ccc4nncn4c3)ncn2)nc1. The summed E-state index contributed by atoms with van der Waals surface area (Å²) in [5.74, 6) is 1.29. The summed E-state index contributed by atoms with van der Waals surface area (Å²) in [7, 11) is 0. The molecule has 4 aromatic rings. The molecule has 4 rings (SSSR count). The van der Waals surface area contributed by atoms with E-state index >= 15 is 0 Å². The highest BCUT2D eigenvalue weighted by Crippen LogP contribution is 2.14. The number of nitrogens with one attached hydrogen (secondary N) is 1. The Morgan fingerprint density at radius 1 is 1.04 bits per heavy atom. The van der Waals surface area contributed by atoms with Gasteiger partial charge in [0.25, 0.3) is 0 Å². The Kier molecular flexibility index (Phi) is 3.32. The molecule has 0 saturated carbocycles. The van der Waals surface area contributed by atoms with Crippen molar-refractivity contribution in [1.29, 1.82) is 0 Å². The van der Waals surface area contributed by atoms with E-state index in [1.807, 2.05) is 28.8 Å². The summed E-state index contributed by atoms with van der Waals surface area (Å²) < 4.78 is 1.88. The lowest BCUT2D eigenvalue weighted by atomic mass is 10.3. The van der Waals surface area contributed by atoms with Crippen LogP contribution in [-0.2, 0) is 6.54 Å². The molecule has 0 aliphatic carbocycles. The molecule has 0 fully saturated rings.